The monoisotopic (exact) mass is 392 g/mol. The van der Waals surface area contributed by atoms with E-state index in [4.69, 9.17) is 11.6 Å². The van der Waals surface area contributed by atoms with Crippen molar-refractivity contribution in [2.75, 3.05) is 10.6 Å². The Morgan fingerprint density at radius 1 is 1.00 bits per heavy atom. The number of carbonyl (C=O) groups is 1. The number of halogens is 1. The molecule has 0 bridgehead atoms. The predicted molar refractivity (Wildman–Crippen MR) is 110 cm³/mol. The number of nitrogens with zero attached hydrogens (tertiary/aromatic N) is 4. The second kappa shape index (κ2) is 7.28. The summed E-state index contributed by atoms with van der Waals surface area (Å²) in [4.78, 5) is 12.4. The van der Waals surface area contributed by atoms with Gasteiger partial charge in [-0.1, -0.05) is 29.8 Å². The van der Waals surface area contributed by atoms with Gasteiger partial charge in [0.1, 0.15) is 0 Å². The Balaban J connectivity index is 1.55. The number of amides is 2. The van der Waals surface area contributed by atoms with E-state index in [0.717, 1.165) is 16.8 Å². The van der Waals surface area contributed by atoms with Crippen LogP contribution in [0.25, 0.3) is 16.9 Å². The van der Waals surface area contributed by atoms with Crippen LogP contribution in [-0.2, 0) is 0 Å². The summed E-state index contributed by atoms with van der Waals surface area (Å²) < 4.78 is 1.68. The normalized spacial score (nSPS) is 10.8. The summed E-state index contributed by atoms with van der Waals surface area (Å²) in [6.45, 7) is 3.78. The molecular formula is C20H17ClN6O. The Kier molecular flexibility index (Phi) is 4.67. The SMILES string of the molecule is Cc1ccc(Cl)c(NC(=O)Nc2cccc(-c3ccc4nnc(C)n4n3)c2)c1. The molecule has 4 aromatic rings. The number of carbonyl (C=O) groups excluding carboxylic acids is 1. The van der Waals surface area contributed by atoms with E-state index in [1.165, 1.54) is 0 Å². The molecule has 0 fully saturated rings. The molecule has 4 rings (SSSR count). The Labute approximate surface area is 166 Å². The van der Waals surface area contributed by atoms with Crippen molar-refractivity contribution >= 4 is 34.7 Å². The molecule has 0 unspecified atom stereocenters. The first-order chi connectivity index (χ1) is 13.5. The van der Waals surface area contributed by atoms with Gasteiger partial charge < -0.3 is 10.6 Å². The van der Waals surface area contributed by atoms with Gasteiger partial charge >= 0.3 is 6.03 Å². The summed E-state index contributed by atoms with van der Waals surface area (Å²) in [6.07, 6.45) is 0. The van der Waals surface area contributed by atoms with Crippen molar-refractivity contribution in [1.82, 2.24) is 19.8 Å². The highest BCUT2D eigenvalue weighted by molar-refractivity contribution is 6.33. The molecule has 0 atom stereocenters. The van der Waals surface area contributed by atoms with Gasteiger partial charge in [0.15, 0.2) is 11.5 Å². The molecule has 2 heterocycles. The van der Waals surface area contributed by atoms with Crippen molar-refractivity contribution < 1.29 is 4.79 Å². The van der Waals surface area contributed by atoms with E-state index in [9.17, 15) is 4.79 Å². The lowest BCUT2D eigenvalue weighted by atomic mass is 10.1. The average Bonchev–Trinajstić information content (AvgIpc) is 3.05. The highest BCUT2D eigenvalue weighted by atomic mass is 35.5. The Morgan fingerprint density at radius 3 is 2.71 bits per heavy atom. The topological polar surface area (TPSA) is 84.2 Å². The van der Waals surface area contributed by atoms with Crippen LogP contribution in [0.1, 0.15) is 11.4 Å². The molecule has 7 nitrogen and oxygen atoms in total. The molecule has 140 valence electrons. The smallest absolute Gasteiger partial charge is 0.308 e. The molecule has 2 amide bonds. The van der Waals surface area contributed by atoms with Crippen molar-refractivity contribution in [2.45, 2.75) is 13.8 Å². The summed E-state index contributed by atoms with van der Waals surface area (Å²) in [5, 5.41) is 18.7. The zero-order valence-electron chi connectivity index (χ0n) is 15.3. The molecule has 2 aromatic carbocycles. The fourth-order valence-electron chi connectivity index (χ4n) is 2.83. The maximum absolute atomic E-state index is 12.4. The molecule has 0 aliphatic carbocycles. The van der Waals surface area contributed by atoms with E-state index in [0.29, 0.717) is 27.9 Å². The minimum Gasteiger partial charge on any atom is -0.308 e. The van der Waals surface area contributed by atoms with Crippen molar-refractivity contribution in [3.05, 3.63) is 71.0 Å². The number of anilines is 2. The lowest BCUT2D eigenvalue weighted by Gasteiger charge is -2.11. The lowest BCUT2D eigenvalue weighted by Crippen LogP contribution is -2.19. The molecule has 0 aliphatic heterocycles. The molecule has 0 saturated heterocycles. The Hall–Kier alpha value is -3.45. The molecule has 8 heteroatoms. The van der Waals surface area contributed by atoms with Crippen LogP contribution in [0, 0.1) is 13.8 Å². The third-order valence-electron chi connectivity index (χ3n) is 4.20. The van der Waals surface area contributed by atoms with Gasteiger partial charge in [0.05, 0.1) is 16.4 Å². The van der Waals surface area contributed by atoms with Crippen LogP contribution in [0.5, 0.6) is 0 Å². The predicted octanol–water partition coefficient (Wildman–Crippen LogP) is 4.71. The average molecular weight is 393 g/mol. The van der Waals surface area contributed by atoms with Crippen molar-refractivity contribution in [3.8, 4) is 11.3 Å². The number of hydrogen-bond acceptors (Lipinski definition) is 4. The molecule has 0 radical (unpaired) electrons. The first-order valence-electron chi connectivity index (χ1n) is 8.63. The number of hydrogen-bond donors (Lipinski definition) is 2. The standard InChI is InChI=1S/C20H17ClN6O/c1-12-6-7-16(21)18(10-12)23-20(28)22-15-5-3-4-14(11-15)17-8-9-19-25-24-13(2)27(19)26-17/h3-11H,1-2H3,(H2,22,23,28). The van der Waals surface area contributed by atoms with Gasteiger partial charge in [-0.15, -0.1) is 10.2 Å². The van der Waals surface area contributed by atoms with Gasteiger partial charge in [0, 0.05) is 11.3 Å². The van der Waals surface area contributed by atoms with Crippen LogP contribution < -0.4 is 10.6 Å². The lowest BCUT2D eigenvalue weighted by molar-refractivity contribution is 0.262. The third kappa shape index (κ3) is 3.65. The highest BCUT2D eigenvalue weighted by Crippen LogP contribution is 2.24. The van der Waals surface area contributed by atoms with E-state index in [2.05, 4.69) is 25.9 Å². The summed E-state index contributed by atoms with van der Waals surface area (Å²) in [6, 6.07) is 16.3. The van der Waals surface area contributed by atoms with E-state index in [1.807, 2.05) is 62.4 Å². The number of nitrogens with one attached hydrogen (secondary N) is 2. The summed E-state index contributed by atoms with van der Waals surface area (Å²) in [5.41, 5.74) is 4.51. The van der Waals surface area contributed by atoms with Crippen molar-refractivity contribution in [1.29, 1.82) is 0 Å². The summed E-state index contributed by atoms with van der Waals surface area (Å²) in [7, 11) is 0. The number of urea groups is 1. The van der Waals surface area contributed by atoms with E-state index < -0.39 is 0 Å². The van der Waals surface area contributed by atoms with Crippen molar-refractivity contribution in [2.24, 2.45) is 0 Å². The van der Waals surface area contributed by atoms with Gasteiger partial charge in [-0.3, -0.25) is 0 Å². The number of fused-ring (bicyclic) bond motifs is 1. The molecule has 0 aliphatic rings. The van der Waals surface area contributed by atoms with Crippen LogP contribution in [0.3, 0.4) is 0 Å². The minimum absolute atomic E-state index is 0.372. The first kappa shape index (κ1) is 17.9. The fourth-order valence-corrected chi connectivity index (χ4v) is 2.99. The molecule has 2 aromatic heterocycles. The van der Waals surface area contributed by atoms with Crippen LogP contribution in [0.15, 0.2) is 54.6 Å². The number of benzene rings is 2. The first-order valence-corrected chi connectivity index (χ1v) is 9.01. The van der Waals surface area contributed by atoms with Gasteiger partial charge in [0.2, 0.25) is 0 Å². The van der Waals surface area contributed by atoms with E-state index in [1.54, 1.807) is 10.6 Å². The van der Waals surface area contributed by atoms with Gasteiger partial charge in [0.25, 0.3) is 0 Å². The number of rotatable bonds is 3. The maximum Gasteiger partial charge on any atom is 0.323 e. The maximum atomic E-state index is 12.4. The minimum atomic E-state index is -0.372. The number of aryl methyl sites for hydroxylation is 2. The Morgan fingerprint density at radius 2 is 1.86 bits per heavy atom. The molecule has 28 heavy (non-hydrogen) atoms. The summed E-state index contributed by atoms with van der Waals surface area (Å²) >= 11 is 6.14. The zero-order chi connectivity index (χ0) is 19.7. The van der Waals surface area contributed by atoms with Crippen LogP contribution in [0.2, 0.25) is 5.02 Å². The largest absolute Gasteiger partial charge is 0.323 e. The van der Waals surface area contributed by atoms with Gasteiger partial charge in [-0.2, -0.15) is 9.61 Å². The van der Waals surface area contributed by atoms with Crippen LogP contribution >= 0.6 is 11.6 Å². The van der Waals surface area contributed by atoms with Crippen molar-refractivity contribution in [3.63, 3.8) is 0 Å². The summed E-state index contributed by atoms with van der Waals surface area (Å²) in [5.74, 6) is 0.709. The van der Waals surface area contributed by atoms with Gasteiger partial charge in [-0.05, 0) is 55.8 Å². The van der Waals surface area contributed by atoms with Crippen LogP contribution in [-0.4, -0.2) is 25.8 Å². The molecular weight excluding hydrogens is 376 g/mol. The molecule has 0 spiro atoms. The highest BCUT2D eigenvalue weighted by Gasteiger charge is 2.09. The molecule has 0 saturated carbocycles. The third-order valence-corrected chi connectivity index (χ3v) is 4.53. The Bertz CT molecular complexity index is 1190. The second-order valence-corrected chi connectivity index (χ2v) is 6.79. The second-order valence-electron chi connectivity index (χ2n) is 6.38. The fraction of sp³-hybridized carbons (Fsp3) is 0.100. The van der Waals surface area contributed by atoms with E-state index >= 15 is 0 Å². The van der Waals surface area contributed by atoms with E-state index in [-0.39, 0.29) is 6.03 Å². The number of aromatic nitrogens is 4. The zero-order valence-corrected chi connectivity index (χ0v) is 16.0. The van der Waals surface area contributed by atoms with Gasteiger partial charge in [-0.25, -0.2) is 4.79 Å². The van der Waals surface area contributed by atoms with Crippen LogP contribution in [0.4, 0.5) is 16.2 Å². The quantitative estimate of drug-likeness (QED) is 0.529. The molecule has 2 N–H and O–H groups in total.